The highest BCUT2D eigenvalue weighted by Crippen LogP contribution is 2.19. The number of aromatic amines is 1. The zero-order valence-electron chi connectivity index (χ0n) is 11.7. The molecule has 1 aromatic heterocycles. The van der Waals surface area contributed by atoms with Crippen molar-refractivity contribution in [2.75, 3.05) is 20.1 Å². The molecule has 118 valence electrons. The van der Waals surface area contributed by atoms with Gasteiger partial charge in [0, 0.05) is 24.1 Å². The summed E-state index contributed by atoms with van der Waals surface area (Å²) < 4.78 is 36.0. The molecule has 2 N–H and O–H groups in total. The van der Waals surface area contributed by atoms with Gasteiger partial charge in [-0.15, -0.1) is 0 Å². The molecule has 0 bridgehead atoms. The molecule has 0 aliphatic carbocycles. The third kappa shape index (κ3) is 3.78. The first-order valence-corrected chi connectivity index (χ1v) is 6.43. The zero-order chi connectivity index (χ0) is 16.3. The Morgan fingerprint density at radius 2 is 1.95 bits per heavy atom. The van der Waals surface area contributed by atoms with E-state index in [1.807, 2.05) is 0 Å². The largest absolute Gasteiger partial charge is 0.405 e. The van der Waals surface area contributed by atoms with Crippen molar-refractivity contribution in [1.82, 2.24) is 15.2 Å². The molecule has 0 radical (unpaired) electrons. The number of likely N-dealkylation sites (N-methyl/N-ethyl adjacent to an activating group) is 1. The minimum Gasteiger partial charge on any atom is -0.360 e. The summed E-state index contributed by atoms with van der Waals surface area (Å²) in [6, 6.07) is 7.11. The molecular formula is C14H14F3N3O2. The predicted molar refractivity (Wildman–Crippen MR) is 74.3 cm³/mol. The standard InChI is InChI=1S/C14H14F3N3O2/c1-20(7-12(21)19-8-14(15,16)17)13(22)10-6-18-11-5-3-2-4-9(10)11/h2-6,18H,7-8H2,1H3,(H,19,21). The van der Waals surface area contributed by atoms with Gasteiger partial charge in [-0.25, -0.2) is 0 Å². The molecule has 5 nitrogen and oxygen atoms in total. The van der Waals surface area contributed by atoms with Gasteiger partial charge >= 0.3 is 6.18 Å². The van der Waals surface area contributed by atoms with E-state index in [4.69, 9.17) is 0 Å². The fourth-order valence-electron chi connectivity index (χ4n) is 2.00. The molecule has 0 fully saturated rings. The van der Waals surface area contributed by atoms with Gasteiger partial charge in [0.2, 0.25) is 5.91 Å². The number of benzene rings is 1. The second kappa shape index (κ2) is 6.08. The van der Waals surface area contributed by atoms with Gasteiger partial charge < -0.3 is 15.2 Å². The number of alkyl halides is 3. The third-order valence-corrected chi connectivity index (χ3v) is 3.03. The summed E-state index contributed by atoms with van der Waals surface area (Å²) in [6.45, 7) is -1.87. The van der Waals surface area contributed by atoms with Crippen molar-refractivity contribution in [3.05, 3.63) is 36.0 Å². The van der Waals surface area contributed by atoms with Crippen LogP contribution in [0, 0.1) is 0 Å². The van der Waals surface area contributed by atoms with Gasteiger partial charge in [-0.1, -0.05) is 18.2 Å². The zero-order valence-corrected chi connectivity index (χ0v) is 11.7. The van der Waals surface area contributed by atoms with Crippen molar-refractivity contribution in [3.8, 4) is 0 Å². The van der Waals surface area contributed by atoms with Crippen LogP contribution >= 0.6 is 0 Å². The van der Waals surface area contributed by atoms with Crippen molar-refractivity contribution in [2.24, 2.45) is 0 Å². The summed E-state index contributed by atoms with van der Waals surface area (Å²) in [4.78, 5) is 27.7. The van der Waals surface area contributed by atoms with Crippen molar-refractivity contribution in [3.63, 3.8) is 0 Å². The topological polar surface area (TPSA) is 65.2 Å². The maximum atomic E-state index is 12.3. The Kier molecular flexibility index (Phi) is 4.39. The number of halogens is 3. The molecule has 0 aliphatic heterocycles. The van der Waals surface area contributed by atoms with E-state index in [0.29, 0.717) is 10.9 Å². The number of aromatic nitrogens is 1. The van der Waals surface area contributed by atoms with Crippen LogP contribution in [0.3, 0.4) is 0 Å². The van der Waals surface area contributed by atoms with Crippen LogP contribution in [0.1, 0.15) is 10.4 Å². The SMILES string of the molecule is CN(CC(=O)NCC(F)(F)F)C(=O)c1c[nH]c2ccccc12. The first-order chi connectivity index (χ1) is 10.3. The lowest BCUT2D eigenvalue weighted by molar-refractivity contribution is -0.138. The van der Waals surface area contributed by atoms with Crippen LogP contribution in [-0.4, -0.2) is 48.0 Å². The number of para-hydroxylation sites is 1. The van der Waals surface area contributed by atoms with E-state index in [1.165, 1.54) is 13.2 Å². The van der Waals surface area contributed by atoms with E-state index in [1.54, 1.807) is 29.6 Å². The molecule has 0 saturated carbocycles. The lowest BCUT2D eigenvalue weighted by atomic mass is 10.1. The lowest BCUT2D eigenvalue weighted by Gasteiger charge is -2.17. The lowest BCUT2D eigenvalue weighted by Crippen LogP contribution is -2.41. The molecule has 0 spiro atoms. The predicted octanol–water partition coefficient (Wildman–Crippen LogP) is 1.92. The van der Waals surface area contributed by atoms with Crippen LogP contribution in [-0.2, 0) is 4.79 Å². The number of carbonyl (C=O) groups is 2. The molecule has 0 atom stereocenters. The van der Waals surface area contributed by atoms with E-state index in [9.17, 15) is 22.8 Å². The monoisotopic (exact) mass is 313 g/mol. The summed E-state index contributed by atoms with van der Waals surface area (Å²) >= 11 is 0. The molecule has 2 aromatic rings. The first kappa shape index (κ1) is 15.9. The Labute approximate surface area is 124 Å². The average molecular weight is 313 g/mol. The highest BCUT2D eigenvalue weighted by Gasteiger charge is 2.28. The highest BCUT2D eigenvalue weighted by molar-refractivity contribution is 6.07. The smallest absolute Gasteiger partial charge is 0.360 e. The third-order valence-electron chi connectivity index (χ3n) is 3.03. The Hall–Kier alpha value is -2.51. The van der Waals surface area contributed by atoms with Crippen LogP contribution in [0.25, 0.3) is 10.9 Å². The van der Waals surface area contributed by atoms with Crippen LogP contribution in [0.4, 0.5) is 13.2 Å². The Bertz CT molecular complexity index is 694. The van der Waals surface area contributed by atoms with E-state index < -0.39 is 31.1 Å². The van der Waals surface area contributed by atoms with Gasteiger partial charge in [0.05, 0.1) is 12.1 Å². The summed E-state index contributed by atoms with van der Waals surface area (Å²) in [5.74, 6) is -1.31. The van der Waals surface area contributed by atoms with Crippen LogP contribution in [0.5, 0.6) is 0 Å². The minimum atomic E-state index is -4.48. The molecule has 8 heteroatoms. The maximum absolute atomic E-state index is 12.3. The van der Waals surface area contributed by atoms with Gasteiger partial charge in [-0.3, -0.25) is 9.59 Å². The molecular weight excluding hydrogens is 299 g/mol. The molecule has 0 unspecified atom stereocenters. The summed E-state index contributed by atoms with van der Waals surface area (Å²) in [6.07, 6.45) is -2.97. The van der Waals surface area contributed by atoms with Crippen LogP contribution in [0.2, 0.25) is 0 Å². The van der Waals surface area contributed by atoms with Crippen molar-refractivity contribution < 1.29 is 22.8 Å². The molecule has 0 saturated heterocycles. The maximum Gasteiger partial charge on any atom is 0.405 e. The molecule has 1 aromatic carbocycles. The van der Waals surface area contributed by atoms with E-state index in [0.717, 1.165) is 10.4 Å². The Morgan fingerprint density at radius 1 is 1.27 bits per heavy atom. The number of H-pyrrole nitrogens is 1. The molecule has 1 heterocycles. The fraction of sp³-hybridized carbons (Fsp3) is 0.286. The average Bonchev–Trinajstić information content (AvgIpc) is 2.87. The fourth-order valence-corrected chi connectivity index (χ4v) is 2.00. The van der Waals surface area contributed by atoms with Crippen molar-refractivity contribution in [1.29, 1.82) is 0 Å². The second-order valence-electron chi connectivity index (χ2n) is 4.80. The van der Waals surface area contributed by atoms with Crippen LogP contribution < -0.4 is 5.32 Å². The quantitative estimate of drug-likeness (QED) is 0.906. The van der Waals surface area contributed by atoms with Gasteiger partial charge in [0.1, 0.15) is 6.54 Å². The molecule has 2 rings (SSSR count). The van der Waals surface area contributed by atoms with Gasteiger partial charge in [-0.05, 0) is 6.07 Å². The number of nitrogens with one attached hydrogen (secondary N) is 2. The van der Waals surface area contributed by atoms with E-state index >= 15 is 0 Å². The number of hydrogen-bond acceptors (Lipinski definition) is 2. The summed E-state index contributed by atoms with van der Waals surface area (Å²) in [5, 5.41) is 2.42. The Balaban J connectivity index is 2.02. The number of nitrogens with zero attached hydrogens (tertiary/aromatic N) is 1. The summed E-state index contributed by atoms with van der Waals surface area (Å²) in [5.41, 5.74) is 1.13. The molecule has 0 aliphatic rings. The van der Waals surface area contributed by atoms with E-state index in [-0.39, 0.29) is 0 Å². The van der Waals surface area contributed by atoms with Crippen molar-refractivity contribution in [2.45, 2.75) is 6.18 Å². The first-order valence-electron chi connectivity index (χ1n) is 6.43. The van der Waals surface area contributed by atoms with Gasteiger partial charge in [0.25, 0.3) is 5.91 Å². The number of rotatable bonds is 4. The number of amides is 2. The summed E-state index contributed by atoms with van der Waals surface area (Å²) in [7, 11) is 1.36. The highest BCUT2D eigenvalue weighted by atomic mass is 19.4. The minimum absolute atomic E-state index is 0.363. The second-order valence-corrected chi connectivity index (χ2v) is 4.80. The van der Waals surface area contributed by atoms with E-state index in [2.05, 4.69) is 4.98 Å². The Morgan fingerprint density at radius 3 is 2.64 bits per heavy atom. The van der Waals surface area contributed by atoms with Gasteiger partial charge in [-0.2, -0.15) is 13.2 Å². The van der Waals surface area contributed by atoms with Crippen LogP contribution in [0.15, 0.2) is 30.5 Å². The number of hydrogen-bond donors (Lipinski definition) is 2. The van der Waals surface area contributed by atoms with Gasteiger partial charge in [0.15, 0.2) is 0 Å². The molecule has 2 amide bonds. The van der Waals surface area contributed by atoms with Crippen molar-refractivity contribution >= 4 is 22.7 Å². The number of carbonyl (C=O) groups excluding carboxylic acids is 2. The molecule has 22 heavy (non-hydrogen) atoms. The number of fused-ring (bicyclic) bond motifs is 1. The normalized spacial score (nSPS) is 11.5.